The van der Waals surface area contributed by atoms with Crippen LogP contribution in [0.2, 0.25) is 0 Å². The number of nitrogens with one attached hydrogen (secondary N) is 1. The Balaban J connectivity index is 2.04. The van der Waals surface area contributed by atoms with Gasteiger partial charge in [-0.3, -0.25) is 0 Å². The fraction of sp³-hybridized carbons (Fsp3) is 0.0667. The molecule has 2 aromatic rings. The van der Waals surface area contributed by atoms with Crippen molar-refractivity contribution in [3.05, 3.63) is 65.5 Å². The average molecular weight is 268 g/mol. The van der Waals surface area contributed by atoms with E-state index < -0.39 is 5.82 Å². The molecule has 0 aromatic heterocycles. The Hall–Kier alpha value is -2.87. The Morgan fingerprint density at radius 2 is 2.00 bits per heavy atom. The maximum absolute atomic E-state index is 13.6. The highest BCUT2D eigenvalue weighted by molar-refractivity contribution is 5.92. The fourth-order valence-corrected chi connectivity index (χ4v) is 1.62. The number of halogens is 1. The van der Waals surface area contributed by atoms with E-state index >= 15 is 0 Å². The number of nitrogens with two attached hydrogens (primary N) is 1. The molecule has 3 N–H and O–H groups in total. The number of hydrogen-bond donors (Lipinski definition) is 2. The third kappa shape index (κ3) is 3.56. The molecule has 2 rings (SSSR count). The van der Waals surface area contributed by atoms with Gasteiger partial charge in [-0.2, -0.15) is 5.26 Å². The summed E-state index contributed by atoms with van der Waals surface area (Å²) in [6.07, 6.45) is 0. The number of nitrogens with zero attached hydrogens (tertiary/aromatic N) is 2. The lowest BCUT2D eigenvalue weighted by atomic mass is 10.1. The van der Waals surface area contributed by atoms with Crippen molar-refractivity contribution in [3.8, 4) is 6.07 Å². The quantitative estimate of drug-likeness (QED) is 0.663. The second-order valence-corrected chi connectivity index (χ2v) is 4.11. The van der Waals surface area contributed by atoms with Crippen molar-refractivity contribution in [2.75, 3.05) is 5.32 Å². The lowest BCUT2D eigenvalue weighted by Gasteiger charge is -2.05. The predicted molar refractivity (Wildman–Crippen MR) is 76.5 cm³/mol. The average Bonchev–Trinajstić information content (AvgIpc) is 2.47. The van der Waals surface area contributed by atoms with Gasteiger partial charge in [0.15, 0.2) is 5.96 Å². The second-order valence-electron chi connectivity index (χ2n) is 4.11. The third-order valence-electron chi connectivity index (χ3n) is 2.65. The van der Waals surface area contributed by atoms with E-state index in [1.54, 1.807) is 6.07 Å². The van der Waals surface area contributed by atoms with E-state index in [1.165, 1.54) is 12.1 Å². The fourth-order valence-electron chi connectivity index (χ4n) is 1.62. The summed E-state index contributed by atoms with van der Waals surface area (Å²) in [5.41, 5.74) is 7.21. The highest BCUT2D eigenvalue weighted by Crippen LogP contribution is 2.11. The van der Waals surface area contributed by atoms with Crippen LogP contribution in [0, 0.1) is 17.1 Å². The zero-order valence-electron chi connectivity index (χ0n) is 10.7. The highest BCUT2D eigenvalue weighted by atomic mass is 19.1. The molecule has 0 radical (unpaired) electrons. The molecule has 0 aliphatic heterocycles. The van der Waals surface area contributed by atoms with Gasteiger partial charge in [0.1, 0.15) is 5.82 Å². The maximum Gasteiger partial charge on any atom is 0.193 e. The molecule has 4 nitrogen and oxygen atoms in total. The van der Waals surface area contributed by atoms with Crippen LogP contribution in [-0.2, 0) is 6.54 Å². The van der Waals surface area contributed by atoms with Gasteiger partial charge in [0.25, 0.3) is 0 Å². The molecule has 0 aliphatic carbocycles. The van der Waals surface area contributed by atoms with Crippen LogP contribution in [0.4, 0.5) is 10.1 Å². The predicted octanol–water partition coefficient (Wildman–Crippen LogP) is 2.62. The molecule has 0 spiro atoms. The summed E-state index contributed by atoms with van der Waals surface area (Å²) in [6.45, 7) is 0.114. The largest absolute Gasteiger partial charge is 0.370 e. The van der Waals surface area contributed by atoms with Crippen LogP contribution in [0.3, 0.4) is 0 Å². The number of rotatable bonds is 3. The summed E-state index contributed by atoms with van der Waals surface area (Å²) in [4.78, 5) is 4.07. The molecule has 0 amide bonds. The number of benzene rings is 2. The first-order valence-corrected chi connectivity index (χ1v) is 5.99. The van der Waals surface area contributed by atoms with Gasteiger partial charge < -0.3 is 11.1 Å². The van der Waals surface area contributed by atoms with Gasteiger partial charge in [-0.1, -0.05) is 24.3 Å². The van der Waals surface area contributed by atoms with Crippen molar-refractivity contribution in [3.63, 3.8) is 0 Å². The maximum atomic E-state index is 13.6. The highest BCUT2D eigenvalue weighted by Gasteiger charge is 2.03. The molecule has 5 heteroatoms. The van der Waals surface area contributed by atoms with E-state index in [1.807, 2.05) is 36.4 Å². The van der Waals surface area contributed by atoms with E-state index in [2.05, 4.69) is 10.3 Å². The third-order valence-corrected chi connectivity index (χ3v) is 2.65. The smallest absolute Gasteiger partial charge is 0.193 e. The number of anilines is 1. The van der Waals surface area contributed by atoms with Gasteiger partial charge in [-0.15, -0.1) is 0 Å². The summed E-state index contributed by atoms with van der Waals surface area (Å²) >= 11 is 0. The van der Waals surface area contributed by atoms with Crippen LogP contribution in [0.5, 0.6) is 0 Å². The minimum absolute atomic E-state index is 0.114. The van der Waals surface area contributed by atoms with Crippen molar-refractivity contribution in [2.24, 2.45) is 10.7 Å². The topological polar surface area (TPSA) is 74.2 Å². The normalized spacial score (nSPS) is 10.9. The molecule has 0 fully saturated rings. The molecule has 0 unspecified atom stereocenters. The minimum Gasteiger partial charge on any atom is -0.370 e. The summed E-state index contributed by atoms with van der Waals surface area (Å²) in [5.74, 6) is -0.250. The van der Waals surface area contributed by atoms with Crippen LogP contribution in [0.1, 0.15) is 11.1 Å². The lowest BCUT2D eigenvalue weighted by Crippen LogP contribution is -2.22. The molecule has 0 atom stereocenters. The zero-order valence-corrected chi connectivity index (χ0v) is 10.7. The van der Waals surface area contributed by atoms with Gasteiger partial charge in [-0.05, 0) is 24.3 Å². The number of hydrogen-bond acceptors (Lipinski definition) is 2. The van der Waals surface area contributed by atoms with E-state index in [-0.39, 0.29) is 18.1 Å². The van der Waals surface area contributed by atoms with E-state index in [9.17, 15) is 4.39 Å². The van der Waals surface area contributed by atoms with Gasteiger partial charge in [-0.25, -0.2) is 9.38 Å². The number of guanidine groups is 1. The Morgan fingerprint density at radius 1 is 1.25 bits per heavy atom. The van der Waals surface area contributed by atoms with Crippen LogP contribution in [0.15, 0.2) is 53.5 Å². The zero-order chi connectivity index (χ0) is 14.4. The molecular weight excluding hydrogens is 255 g/mol. The van der Waals surface area contributed by atoms with E-state index in [0.717, 1.165) is 5.69 Å². The first-order chi connectivity index (χ1) is 9.69. The summed E-state index contributed by atoms with van der Waals surface area (Å²) in [5, 5.41) is 11.6. The van der Waals surface area contributed by atoms with Gasteiger partial charge >= 0.3 is 0 Å². The number of para-hydroxylation sites is 1. The summed E-state index contributed by atoms with van der Waals surface area (Å²) in [6, 6.07) is 15.5. The molecule has 0 saturated heterocycles. The Labute approximate surface area is 116 Å². The van der Waals surface area contributed by atoms with Crippen LogP contribution < -0.4 is 11.1 Å². The summed E-state index contributed by atoms with van der Waals surface area (Å²) in [7, 11) is 0. The Kier molecular flexibility index (Phi) is 4.30. The van der Waals surface area contributed by atoms with Gasteiger partial charge in [0, 0.05) is 11.3 Å². The van der Waals surface area contributed by atoms with Crippen LogP contribution >= 0.6 is 0 Å². The Morgan fingerprint density at radius 3 is 2.65 bits per heavy atom. The SMILES string of the molecule is N#Cc1ccc(CN=C(N)Nc2ccccc2)c(F)c1. The van der Waals surface area contributed by atoms with Crippen molar-refractivity contribution >= 4 is 11.6 Å². The molecule has 0 aliphatic rings. The first-order valence-electron chi connectivity index (χ1n) is 5.99. The van der Waals surface area contributed by atoms with Crippen molar-refractivity contribution < 1.29 is 4.39 Å². The second kappa shape index (κ2) is 6.34. The standard InChI is InChI=1S/C15H13FN4/c16-14-8-11(9-17)6-7-12(14)10-19-15(18)20-13-4-2-1-3-5-13/h1-8H,10H2,(H3,18,19,20). The molecule has 20 heavy (non-hydrogen) atoms. The molecule has 100 valence electrons. The van der Waals surface area contributed by atoms with Crippen LogP contribution in [0.25, 0.3) is 0 Å². The molecule has 0 bridgehead atoms. The van der Waals surface area contributed by atoms with Crippen molar-refractivity contribution in [1.29, 1.82) is 5.26 Å². The lowest BCUT2D eigenvalue weighted by molar-refractivity contribution is 0.610. The number of aliphatic imine (C=N–C) groups is 1. The molecule has 2 aromatic carbocycles. The molecule has 0 saturated carbocycles. The summed E-state index contributed by atoms with van der Waals surface area (Å²) < 4.78 is 13.6. The van der Waals surface area contributed by atoms with Crippen molar-refractivity contribution in [2.45, 2.75) is 6.54 Å². The van der Waals surface area contributed by atoms with Crippen molar-refractivity contribution in [1.82, 2.24) is 0 Å². The molecule has 0 heterocycles. The minimum atomic E-state index is -0.458. The van der Waals surface area contributed by atoms with Gasteiger partial charge in [0.05, 0.1) is 18.2 Å². The number of nitriles is 1. The van der Waals surface area contributed by atoms with Crippen LogP contribution in [-0.4, -0.2) is 5.96 Å². The van der Waals surface area contributed by atoms with E-state index in [4.69, 9.17) is 11.0 Å². The van der Waals surface area contributed by atoms with E-state index in [0.29, 0.717) is 5.56 Å². The molecular formula is C15H13FN4. The monoisotopic (exact) mass is 268 g/mol. The Bertz CT molecular complexity index is 659. The first kappa shape index (κ1) is 13.6. The van der Waals surface area contributed by atoms with Gasteiger partial charge in [0.2, 0.25) is 0 Å².